The van der Waals surface area contributed by atoms with Crippen molar-refractivity contribution in [2.24, 2.45) is 0 Å². The van der Waals surface area contributed by atoms with Crippen LogP contribution in [0.25, 0.3) is 0 Å². The van der Waals surface area contributed by atoms with Gasteiger partial charge in [-0.05, 0) is 24.3 Å². The maximum atomic E-state index is 3.53. The smallest absolute Gasteiger partial charge is 0.0763 e. The van der Waals surface area contributed by atoms with Gasteiger partial charge in [-0.15, -0.1) is 0 Å². The molecule has 1 N–H and O–H groups in total. The molecule has 1 aliphatic heterocycles. The third-order valence-electron chi connectivity index (χ3n) is 2.85. The molecule has 0 radical (unpaired) electrons. The third kappa shape index (κ3) is 1.76. The lowest BCUT2D eigenvalue weighted by molar-refractivity contribution is 1.12. The van der Waals surface area contributed by atoms with Gasteiger partial charge in [-0.25, -0.2) is 0 Å². The van der Waals surface area contributed by atoms with Crippen LogP contribution in [0, 0.1) is 0 Å². The van der Waals surface area contributed by atoms with Gasteiger partial charge in [0.15, 0.2) is 0 Å². The van der Waals surface area contributed by atoms with Crippen LogP contribution in [0.5, 0.6) is 0 Å². The molecule has 17 heavy (non-hydrogen) atoms. The van der Waals surface area contributed by atoms with Crippen molar-refractivity contribution in [1.82, 2.24) is 0 Å². The molecule has 0 amide bonds. The molecule has 2 aromatic rings. The van der Waals surface area contributed by atoms with Crippen LogP contribution in [0.1, 0.15) is 0 Å². The van der Waals surface area contributed by atoms with E-state index in [-0.39, 0.29) is 0 Å². The fourth-order valence-electron chi connectivity index (χ4n) is 2.01. The fourth-order valence-corrected chi connectivity index (χ4v) is 3.03. The van der Waals surface area contributed by atoms with Crippen LogP contribution in [-0.2, 0) is 0 Å². The van der Waals surface area contributed by atoms with E-state index in [1.165, 1.54) is 26.9 Å². The Morgan fingerprint density at radius 3 is 2.53 bits per heavy atom. The number of rotatable bonds is 1. The standard InChI is InChI=1S/C14H14N2S/c1-16(2)11-7-5-9-13-14(11)15-10-6-3-4-8-12(10)17-13/h3-9,15H,1-2H3. The van der Waals surface area contributed by atoms with Gasteiger partial charge < -0.3 is 10.2 Å². The van der Waals surface area contributed by atoms with Gasteiger partial charge in [-0.3, -0.25) is 0 Å². The van der Waals surface area contributed by atoms with E-state index in [1.54, 1.807) is 0 Å². The van der Waals surface area contributed by atoms with Gasteiger partial charge in [-0.2, -0.15) is 0 Å². The van der Waals surface area contributed by atoms with Crippen molar-refractivity contribution in [2.45, 2.75) is 9.79 Å². The van der Waals surface area contributed by atoms with Crippen LogP contribution in [-0.4, -0.2) is 14.1 Å². The molecule has 0 spiro atoms. The first kappa shape index (κ1) is 10.5. The molecule has 0 aromatic heterocycles. The summed E-state index contributed by atoms with van der Waals surface area (Å²) in [4.78, 5) is 4.71. The van der Waals surface area contributed by atoms with E-state index in [2.05, 4.69) is 66.8 Å². The number of hydrogen-bond donors (Lipinski definition) is 1. The van der Waals surface area contributed by atoms with Gasteiger partial charge >= 0.3 is 0 Å². The monoisotopic (exact) mass is 242 g/mol. The molecule has 1 aliphatic rings. The van der Waals surface area contributed by atoms with Crippen molar-refractivity contribution in [3.05, 3.63) is 42.5 Å². The van der Waals surface area contributed by atoms with Crippen LogP contribution in [0.15, 0.2) is 52.3 Å². The second-order valence-corrected chi connectivity index (χ2v) is 5.35. The Morgan fingerprint density at radius 1 is 0.941 bits per heavy atom. The number of benzene rings is 2. The van der Waals surface area contributed by atoms with E-state index < -0.39 is 0 Å². The van der Waals surface area contributed by atoms with E-state index in [1.807, 2.05) is 11.8 Å². The molecule has 0 bridgehead atoms. The Morgan fingerprint density at radius 2 is 1.71 bits per heavy atom. The van der Waals surface area contributed by atoms with Gasteiger partial charge in [0.05, 0.1) is 17.1 Å². The Balaban J connectivity index is 2.12. The molecule has 2 aromatic carbocycles. The highest BCUT2D eigenvalue weighted by Crippen LogP contribution is 2.47. The maximum Gasteiger partial charge on any atom is 0.0763 e. The molecular weight excluding hydrogens is 228 g/mol. The number of hydrogen-bond acceptors (Lipinski definition) is 3. The van der Waals surface area contributed by atoms with Crippen LogP contribution in [0.2, 0.25) is 0 Å². The Bertz CT molecular complexity index is 564. The van der Waals surface area contributed by atoms with Gasteiger partial charge in [0.1, 0.15) is 0 Å². The molecule has 0 unspecified atom stereocenters. The molecule has 3 rings (SSSR count). The largest absolute Gasteiger partial charge is 0.376 e. The summed E-state index contributed by atoms with van der Waals surface area (Å²) in [7, 11) is 4.14. The van der Waals surface area contributed by atoms with E-state index in [9.17, 15) is 0 Å². The van der Waals surface area contributed by atoms with Crippen molar-refractivity contribution < 1.29 is 0 Å². The number of nitrogens with zero attached hydrogens (tertiary/aromatic N) is 1. The van der Waals surface area contributed by atoms with Crippen molar-refractivity contribution in [1.29, 1.82) is 0 Å². The van der Waals surface area contributed by atoms with Crippen molar-refractivity contribution in [3.8, 4) is 0 Å². The second-order valence-electron chi connectivity index (χ2n) is 4.27. The SMILES string of the molecule is CN(C)c1cccc2c1Nc1ccccc1S2. The normalized spacial score (nSPS) is 12.4. The van der Waals surface area contributed by atoms with E-state index in [4.69, 9.17) is 0 Å². The van der Waals surface area contributed by atoms with Gasteiger partial charge in [0.2, 0.25) is 0 Å². The minimum Gasteiger partial charge on any atom is -0.376 e. The molecule has 0 saturated carbocycles. The highest BCUT2D eigenvalue weighted by atomic mass is 32.2. The van der Waals surface area contributed by atoms with E-state index >= 15 is 0 Å². The first-order valence-electron chi connectivity index (χ1n) is 5.60. The summed E-state index contributed by atoms with van der Waals surface area (Å²) in [5.74, 6) is 0. The topological polar surface area (TPSA) is 15.3 Å². The van der Waals surface area contributed by atoms with Crippen molar-refractivity contribution in [2.75, 3.05) is 24.3 Å². The molecular formula is C14H14N2S. The van der Waals surface area contributed by atoms with Gasteiger partial charge in [0, 0.05) is 23.9 Å². The number of para-hydroxylation sites is 2. The second kappa shape index (κ2) is 4.00. The molecule has 0 aliphatic carbocycles. The molecule has 0 saturated heterocycles. The predicted octanol–water partition coefficient (Wildman–Crippen LogP) is 3.96. The predicted molar refractivity (Wildman–Crippen MR) is 74.6 cm³/mol. The molecule has 86 valence electrons. The van der Waals surface area contributed by atoms with Crippen LogP contribution >= 0.6 is 11.8 Å². The summed E-state index contributed by atoms with van der Waals surface area (Å²) >= 11 is 1.82. The summed E-state index contributed by atoms with van der Waals surface area (Å²) in [6.45, 7) is 0. The minimum absolute atomic E-state index is 1.19. The van der Waals surface area contributed by atoms with E-state index in [0.717, 1.165) is 0 Å². The zero-order chi connectivity index (χ0) is 11.8. The molecule has 1 heterocycles. The lowest BCUT2D eigenvalue weighted by Crippen LogP contribution is -2.12. The lowest BCUT2D eigenvalue weighted by Gasteiger charge is -2.25. The maximum absolute atomic E-state index is 3.53. The molecule has 0 fully saturated rings. The zero-order valence-corrected chi connectivity index (χ0v) is 10.7. The highest BCUT2D eigenvalue weighted by molar-refractivity contribution is 7.99. The first-order valence-corrected chi connectivity index (χ1v) is 6.41. The van der Waals surface area contributed by atoms with Gasteiger partial charge in [-0.1, -0.05) is 30.0 Å². The Hall–Kier alpha value is -1.61. The third-order valence-corrected chi connectivity index (χ3v) is 3.99. The van der Waals surface area contributed by atoms with Crippen LogP contribution < -0.4 is 10.2 Å². The summed E-state index contributed by atoms with van der Waals surface area (Å²) < 4.78 is 0. The average molecular weight is 242 g/mol. The van der Waals surface area contributed by atoms with Crippen molar-refractivity contribution >= 4 is 28.8 Å². The Kier molecular flexibility index (Phi) is 2.48. The van der Waals surface area contributed by atoms with E-state index in [0.29, 0.717) is 0 Å². The summed E-state index contributed by atoms with van der Waals surface area (Å²) in [5, 5.41) is 3.53. The number of anilines is 3. The Labute approximate surface area is 106 Å². The number of fused-ring (bicyclic) bond motifs is 2. The highest BCUT2D eigenvalue weighted by Gasteiger charge is 2.18. The van der Waals surface area contributed by atoms with Crippen LogP contribution in [0.4, 0.5) is 17.1 Å². The quantitative estimate of drug-likeness (QED) is 0.695. The average Bonchev–Trinajstić information content (AvgIpc) is 2.35. The lowest BCUT2D eigenvalue weighted by atomic mass is 10.2. The van der Waals surface area contributed by atoms with Gasteiger partial charge in [0.25, 0.3) is 0 Å². The minimum atomic E-state index is 1.19. The molecule has 3 heteroatoms. The zero-order valence-electron chi connectivity index (χ0n) is 9.90. The summed E-state index contributed by atoms with van der Waals surface area (Å²) in [6, 6.07) is 14.8. The molecule has 2 nitrogen and oxygen atoms in total. The fraction of sp³-hybridized carbons (Fsp3) is 0.143. The summed E-state index contributed by atoms with van der Waals surface area (Å²) in [5.41, 5.74) is 3.63. The molecule has 0 atom stereocenters. The van der Waals surface area contributed by atoms with Crippen LogP contribution in [0.3, 0.4) is 0 Å². The summed E-state index contributed by atoms with van der Waals surface area (Å²) in [6.07, 6.45) is 0. The van der Waals surface area contributed by atoms with Crippen molar-refractivity contribution in [3.63, 3.8) is 0 Å². The first-order chi connectivity index (χ1) is 8.25. The number of nitrogens with one attached hydrogen (secondary N) is 1.